The standard InChI is InChI=1S/C15H13NOS/c1-10-7-13(11(2)18-10)14-8-12-5-3-4-6-16(12)15(14)9-17/h3-9H,1-2H3. The average Bonchev–Trinajstić information content (AvgIpc) is 2.88. The topological polar surface area (TPSA) is 21.5 Å². The Bertz CT molecular complexity index is 736. The number of aromatic nitrogens is 1. The summed E-state index contributed by atoms with van der Waals surface area (Å²) in [6.45, 7) is 4.20. The summed E-state index contributed by atoms with van der Waals surface area (Å²) < 4.78 is 1.94. The highest BCUT2D eigenvalue weighted by atomic mass is 32.1. The van der Waals surface area contributed by atoms with Gasteiger partial charge in [0.2, 0.25) is 0 Å². The Morgan fingerprint density at radius 1 is 1.17 bits per heavy atom. The van der Waals surface area contributed by atoms with Gasteiger partial charge < -0.3 is 4.40 Å². The lowest BCUT2D eigenvalue weighted by atomic mass is 10.1. The summed E-state index contributed by atoms with van der Waals surface area (Å²) in [6, 6.07) is 10.2. The second kappa shape index (κ2) is 4.10. The third kappa shape index (κ3) is 1.59. The molecule has 0 aliphatic rings. The van der Waals surface area contributed by atoms with Gasteiger partial charge in [-0.1, -0.05) is 6.07 Å². The van der Waals surface area contributed by atoms with Crippen molar-refractivity contribution < 1.29 is 4.79 Å². The molecular formula is C15H13NOS. The largest absolute Gasteiger partial charge is 0.314 e. The highest BCUT2D eigenvalue weighted by molar-refractivity contribution is 7.12. The van der Waals surface area contributed by atoms with Crippen molar-refractivity contribution >= 4 is 23.1 Å². The van der Waals surface area contributed by atoms with Gasteiger partial charge >= 0.3 is 0 Å². The fourth-order valence-corrected chi connectivity index (χ4v) is 3.32. The van der Waals surface area contributed by atoms with Crippen LogP contribution in [0, 0.1) is 13.8 Å². The van der Waals surface area contributed by atoms with Gasteiger partial charge in [0.15, 0.2) is 6.29 Å². The number of thiophene rings is 1. The Morgan fingerprint density at radius 3 is 2.67 bits per heavy atom. The molecule has 2 nitrogen and oxygen atoms in total. The van der Waals surface area contributed by atoms with Gasteiger partial charge in [0.1, 0.15) is 0 Å². The lowest BCUT2D eigenvalue weighted by molar-refractivity contribution is 0.111. The highest BCUT2D eigenvalue weighted by Crippen LogP contribution is 2.34. The maximum Gasteiger partial charge on any atom is 0.167 e. The second-order valence-electron chi connectivity index (χ2n) is 4.38. The number of hydrogen-bond acceptors (Lipinski definition) is 2. The van der Waals surface area contributed by atoms with Crippen LogP contribution in [0.15, 0.2) is 36.5 Å². The zero-order valence-corrected chi connectivity index (χ0v) is 11.1. The smallest absolute Gasteiger partial charge is 0.167 e. The quantitative estimate of drug-likeness (QED) is 0.632. The van der Waals surface area contributed by atoms with Crippen LogP contribution in [0.4, 0.5) is 0 Å². The number of aryl methyl sites for hydroxylation is 2. The summed E-state index contributed by atoms with van der Waals surface area (Å²) >= 11 is 1.77. The van der Waals surface area contributed by atoms with Crippen LogP contribution in [0.3, 0.4) is 0 Å². The molecule has 0 atom stereocenters. The highest BCUT2D eigenvalue weighted by Gasteiger charge is 2.14. The van der Waals surface area contributed by atoms with E-state index in [1.54, 1.807) is 11.3 Å². The first kappa shape index (κ1) is 11.2. The summed E-state index contributed by atoms with van der Waals surface area (Å²) in [5, 5.41) is 0. The van der Waals surface area contributed by atoms with Gasteiger partial charge in [-0.25, -0.2) is 0 Å². The predicted octanol–water partition coefficient (Wildman–Crippen LogP) is 4.10. The van der Waals surface area contributed by atoms with Crippen LogP contribution in [0.1, 0.15) is 20.2 Å². The van der Waals surface area contributed by atoms with E-state index in [0.29, 0.717) is 0 Å². The molecule has 3 aromatic rings. The molecule has 0 saturated heterocycles. The fraction of sp³-hybridized carbons (Fsp3) is 0.133. The Morgan fingerprint density at radius 2 is 2.00 bits per heavy atom. The van der Waals surface area contributed by atoms with E-state index < -0.39 is 0 Å². The molecule has 0 fully saturated rings. The van der Waals surface area contributed by atoms with Crippen LogP contribution >= 0.6 is 11.3 Å². The second-order valence-corrected chi connectivity index (χ2v) is 5.84. The lowest BCUT2D eigenvalue weighted by Crippen LogP contribution is -1.91. The van der Waals surface area contributed by atoms with Gasteiger partial charge in [-0.05, 0) is 43.7 Å². The van der Waals surface area contributed by atoms with Crippen molar-refractivity contribution in [2.75, 3.05) is 0 Å². The Balaban J connectivity index is 2.35. The molecule has 0 N–H and O–H groups in total. The molecule has 0 bridgehead atoms. The Hall–Kier alpha value is -1.87. The maximum atomic E-state index is 11.4. The molecule has 90 valence electrons. The summed E-state index contributed by atoms with van der Waals surface area (Å²) in [6.07, 6.45) is 2.87. The summed E-state index contributed by atoms with van der Waals surface area (Å²) in [7, 11) is 0. The molecule has 3 heteroatoms. The van der Waals surface area contributed by atoms with Crippen molar-refractivity contribution in [3.05, 3.63) is 52.0 Å². The van der Waals surface area contributed by atoms with Crippen molar-refractivity contribution in [2.45, 2.75) is 13.8 Å². The monoisotopic (exact) mass is 255 g/mol. The normalized spacial score (nSPS) is 11.0. The first-order valence-corrected chi connectivity index (χ1v) is 6.65. The summed E-state index contributed by atoms with van der Waals surface area (Å²) in [5.41, 5.74) is 3.98. The van der Waals surface area contributed by atoms with Gasteiger partial charge in [-0.15, -0.1) is 11.3 Å². The van der Waals surface area contributed by atoms with E-state index in [4.69, 9.17) is 0 Å². The molecule has 3 aromatic heterocycles. The first-order chi connectivity index (χ1) is 8.70. The maximum absolute atomic E-state index is 11.4. The van der Waals surface area contributed by atoms with Crippen LogP contribution in [0.2, 0.25) is 0 Å². The number of aldehydes is 1. The molecule has 0 aliphatic heterocycles. The predicted molar refractivity (Wildman–Crippen MR) is 75.6 cm³/mol. The average molecular weight is 255 g/mol. The van der Waals surface area contributed by atoms with Gasteiger partial charge in [0.05, 0.1) is 5.69 Å². The minimum atomic E-state index is 0.728. The van der Waals surface area contributed by atoms with Crippen LogP contribution in [-0.2, 0) is 0 Å². The number of fused-ring (bicyclic) bond motifs is 1. The number of nitrogens with zero attached hydrogens (tertiary/aromatic N) is 1. The zero-order valence-electron chi connectivity index (χ0n) is 10.3. The number of pyridine rings is 1. The molecule has 18 heavy (non-hydrogen) atoms. The van der Waals surface area contributed by atoms with Crippen molar-refractivity contribution in [3.63, 3.8) is 0 Å². The molecule has 3 heterocycles. The van der Waals surface area contributed by atoms with E-state index in [-0.39, 0.29) is 0 Å². The molecule has 0 saturated carbocycles. The molecule has 0 unspecified atom stereocenters. The van der Waals surface area contributed by atoms with E-state index in [9.17, 15) is 4.79 Å². The number of rotatable bonds is 2. The van der Waals surface area contributed by atoms with Crippen molar-refractivity contribution in [3.8, 4) is 11.1 Å². The third-order valence-electron chi connectivity index (χ3n) is 3.16. The minimum absolute atomic E-state index is 0.728. The molecule has 0 amide bonds. The van der Waals surface area contributed by atoms with Crippen LogP contribution in [-0.4, -0.2) is 10.7 Å². The van der Waals surface area contributed by atoms with Gasteiger partial charge in [-0.3, -0.25) is 4.79 Å². The van der Waals surface area contributed by atoms with Crippen LogP contribution < -0.4 is 0 Å². The van der Waals surface area contributed by atoms with Crippen LogP contribution in [0.25, 0.3) is 16.6 Å². The Kier molecular flexibility index (Phi) is 2.56. The van der Waals surface area contributed by atoms with Crippen molar-refractivity contribution in [2.24, 2.45) is 0 Å². The molecule has 0 spiro atoms. The SMILES string of the molecule is Cc1cc(-c2cc3ccccn3c2C=O)c(C)s1. The molecule has 0 radical (unpaired) electrons. The first-order valence-electron chi connectivity index (χ1n) is 5.83. The van der Waals surface area contributed by atoms with Gasteiger partial charge in [0, 0.05) is 27.0 Å². The van der Waals surface area contributed by atoms with Gasteiger partial charge in [0.25, 0.3) is 0 Å². The number of carbonyl (C=O) groups excluding carboxylic acids is 1. The number of hydrogen-bond donors (Lipinski definition) is 0. The molecule has 0 aliphatic carbocycles. The summed E-state index contributed by atoms with van der Waals surface area (Å²) in [4.78, 5) is 13.9. The van der Waals surface area contributed by atoms with E-state index in [1.807, 2.05) is 28.8 Å². The number of carbonyl (C=O) groups is 1. The van der Waals surface area contributed by atoms with E-state index in [1.165, 1.54) is 15.3 Å². The lowest BCUT2D eigenvalue weighted by Gasteiger charge is -1.99. The molecule has 0 aromatic carbocycles. The van der Waals surface area contributed by atoms with Gasteiger partial charge in [-0.2, -0.15) is 0 Å². The van der Waals surface area contributed by atoms with Crippen LogP contribution in [0.5, 0.6) is 0 Å². The fourth-order valence-electron chi connectivity index (χ4n) is 2.38. The van der Waals surface area contributed by atoms with E-state index in [0.717, 1.165) is 23.1 Å². The molecular weight excluding hydrogens is 242 g/mol. The third-order valence-corrected chi connectivity index (χ3v) is 4.13. The van der Waals surface area contributed by atoms with E-state index in [2.05, 4.69) is 26.0 Å². The summed E-state index contributed by atoms with van der Waals surface area (Å²) in [5.74, 6) is 0. The zero-order chi connectivity index (χ0) is 12.7. The Labute approximate surface area is 110 Å². The van der Waals surface area contributed by atoms with Crippen molar-refractivity contribution in [1.82, 2.24) is 4.40 Å². The minimum Gasteiger partial charge on any atom is -0.314 e. The molecule has 3 rings (SSSR count). The van der Waals surface area contributed by atoms with E-state index >= 15 is 0 Å². The van der Waals surface area contributed by atoms with Crippen molar-refractivity contribution in [1.29, 1.82) is 0 Å².